The molecule has 6 nitrogen and oxygen atoms in total. The van der Waals surface area contributed by atoms with Crippen molar-refractivity contribution in [1.82, 2.24) is 0 Å². The molecule has 1 aromatic rings. The Morgan fingerprint density at radius 2 is 2.11 bits per heavy atom. The molecular weight excluding hydrogens is 250 g/mol. The lowest BCUT2D eigenvalue weighted by atomic mass is 10.0. The van der Waals surface area contributed by atoms with Gasteiger partial charge in [0.15, 0.2) is 0 Å². The number of rotatable bonds is 4. The van der Waals surface area contributed by atoms with Gasteiger partial charge in [0.25, 0.3) is 0 Å². The zero-order chi connectivity index (χ0) is 13.8. The van der Waals surface area contributed by atoms with E-state index in [0.717, 1.165) is 5.56 Å². The van der Waals surface area contributed by atoms with Crippen LogP contribution in [0.1, 0.15) is 29.3 Å². The Morgan fingerprint density at radius 1 is 1.42 bits per heavy atom. The van der Waals surface area contributed by atoms with Crippen LogP contribution < -0.4 is 0 Å². The molecule has 1 atom stereocenters. The third-order valence-corrected chi connectivity index (χ3v) is 2.68. The van der Waals surface area contributed by atoms with Gasteiger partial charge in [0, 0.05) is 6.42 Å². The summed E-state index contributed by atoms with van der Waals surface area (Å²) in [6.07, 6.45) is -0.389. The number of ether oxygens (including phenoxy) is 1. The van der Waals surface area contributed by atoms with Gasteiger partial charge in [-0.3, -0.25) is 0 Å². The molecule has 100 valence electrons. The van der Waals surface area contributed by atoms with Gasteiger partial charge in [0.1, 0.15) is 0 Å². The SMILES string of the molecule is CCOC(=O)C1CC(c2ccc(C(=O)O)cc2)=NO1. The van der Waals surface area contributed by atoms with Crippen molar-refractivity contribution in [3.63, 3.8) is 0 Å². The van der Waals surface area contributed by atoms with Crippen molar-refractivity contribution in [2.24, 2.45) is 5.16 Å². The molecule has 0 bridgehead atoms. The summed E-state index contributed by atoms with van der Waals surface area (Å²) < 4.78 is 4.85. The van der Waals surface area contributed by atoms with Crippen LogP contribution in [0.4, 0.5) is 0 Å². The van der Waals surface area contributed by atoms with Crippen molar-refractivity contribution >= 4 is 17.7 Å². The predicted octanol–water partition coefficient (Wildman–Crippen LogP) is 1.44. The predicted molar refractivity (Wildman–Crippen MR) is 66.1 cm³/mol. The van der Waals surface area contributed by atoms with Crippen molar-refractivity contribution in [1.29, 1.82) is 0 Å². The highest BCUT2D eigenvalue weighted by Gasteiger charge is 2.29. The van der Waals surface area contributed by atoms with E-state index in [2.05, 4.69) is 5.16 Å². The zero-order valence-electron chi connectivity index (χ0n) is 10.3. The first-order chi connectivity index (χ1) is 9.11. The van der Waals surface area contributed by atoms with Crippen LogP contribution in [0.3, 0.4) is 0 Å². The quantitative estimate of drug-likeness (QED) is 0.831. The number of carbonyl (C=O) groups excluding carboxylic acids is 1. The van der Waals surface area contributed by atoms with Crippen LogP contribution in [0, 0.1) is 0 Å². The molecule has 0 aromatic heterocycles. The van der Waals surface area contributed by atoms with Gasteiger partial charge < -0.3 is 14.7 Å². The average Bonchev–Trinajstić information content (AvgIpc) is 2.89. The maximum atomic E-state index is 11.5. The highest BCUT2D eigenvalue weighted by molar-refractivity contribution is 6.04. The van der Waals surface area contributed by atoms with Crippen LogP contribution in [-0.4, -0.2) is 35.5 Å². The summed E-state index contributed by atoms with van der Waals surface area (Å²) in [6.45, 7) is 2.01. The summed E-state index contributed by atoms with van der Waals surface area (Å²) in [6, 6.07) is 6.24. The lowest BCUT2D eigenvalue weighted by molar-refractivity contribution is -0.154. The minimum Gasteiger partial charge on any atom is -0.478 e. The Balaban J connectivity index is 2.04. The van der Waals surface area contributed by atoms with E-state index in [4.69, 9.17) is 14.7 Å². The number of carbonyl (C=O) groups is 2. The minimum atomic E-state index is -0.986. The summed E-state index contributed by atoms with van der Waals surface area (Å²) in [4.78, 5) is 27.2. The first kappa shape index (κ1) is 13.1. The Kier molecular flexibility index (Phi) is 3.79. The molecule has 0 aliphatic carbocycles. The van der Waals surface area contributed by atoms with Gasteiger partial charge in [-0.25, -0.2) is 9.59 Å². The van der Waals surface area contributed by atoms with E-state index >= 15 is 0 Å². The molecule has 6 heteroatoms. The molecule has 0 fully saturated rings. The van der Waals surface area contributed by atoms with E-state index < -0.39 is 18.0 Å². The molecule has 0 radical (unpaired) electrons. The molecule has 0 saturated carbocycles. The molecule has 1 aliphatic rings. The zero-order valence-corrected chi connectivity index (χ0v) is 10.3. The lowest BCUT2D eigenvalue weighted by Crippen LogP contribution is -2.23. The summed E-state index contributed by atoms with van der Waals surface area (Å²) in [5.74, 6) is -1.43. The largest absolute Gasteiger partial charge is 0.478 e. The van der Waals surface area contributed by atoms with Crippen molar-refractivity contribution in [3.05, 3.63) is 35.4 Å². The number of aromatic carboxylic acids is 1. The fourth-order valence-electron chi connectivity index (χ4n) is 1.71. The van der Waals surface area contributed by atoms with Gasteiger partial charge in [-0.05, 0) is 24.6 Å². The van der Waals surface area contributed by atoms with E-state index in [9.17, 15) is 9.59 Å². The number of carboxylic acid groups (broad SMARTS) is 1. The standard InChI is InChI=1S/C13H13NO5/c1-2-18-13(17)11-7-10(14-19-11)8-3-5-9(6-4-8)12(15)16/h3-6,11H,2,7H2,1H3,(H,15,16). The topological polar surface area (TPSA) is 85.2 Å². The van der Waals surface area contributed by atoms with Crippen LogP contribution in [-0.2, 0) is 14.4 Å². The van der Waals surface area contributed by atoms with Gasteiger partial charge in [-0.1, -0.05) is 17.3 Å². The third-order valence-electron chi connectivity index (χ3n) is 2.68. The second kappa shape index (κ2) is 5.51. The number of hydrogen-bond acceptors (Lipinski definition) is 5. The second-order valence-electron chi connectivity index (χ2n) is 3.97. The van der Waals surface area contributed by atoms with Gasteiger partial charge in [0.2, 0.25) is 6.10 Å². The molecule has 0 amide bonds. The Bertz CT molecular complexity index is 520. The van der Waals surface area contributed by atoms with Gasteiger partial charge in [-0.2, -0.15) is 0 Å². The molecule has 0 saturated heterocycles. The normalized spacial score (nSPS) is 17.5. The maximum Gasteiger partial charge on any atom is 0.350 e. The molecular formula is C13H13NO5. The van der Waals surface area contributed by atoms with Crippen LogP contribution in [0.5, 0.6) is 0 Å². The second-order valence-corrected chi connectivity index (χ2v) is 3.97. The summed E-state index contributed by atoms with van der Waals surface area (Å²) in [5.41, 5.74) is 1.54. The summed E-state index contributed by atoms with van der Waals surface area (Å²) >= 11 is 0. The minimum absolute atomic E-state index is 0.199. The fraction of sp³-hybridized carbons (Fsp3) is 0.308. The molecule has 2 rings (SSSR count). The van der Waals surface area contributed by atoms with Gasteiger partial charge in [0.05, 0.1) is 17.9 Å². The molecule has 1 heterocycles. The Labute approximate surface area is 109 Å². The van der Waals surface area contributed by atoms with E-state index in [1.54, 1.807) is 19.1 Å². The molecule has 1 N–H and O–H groups in total. The van der Waals surface area contributed by atoms with Crippen molar-refractivity contribution in [2.45, 2.75) is 19.4 Å². The van der Waals surface area contributed by atoms with E-state index in [0.29, 0.717) is 18.7 Å². The van der Waals surface area contributed by atoms with E-state index in [-0.39, 0.29) is 5.56 Å². The molecule has 1 aromatic carbocycles. The van der Waals surface area contributed by atoms with Crippen LogP contribution >= 0.6 is 0 Å². The number of carboxylic acids is 1. The average molecular weight is 263 g/mol. The molecule has 1 unspecified atom stereocenters. The first-order valence-corrected chi connectivity index (χ1v) is 5.85. The van der Waals surface area contributed by atoms with Crippen LogP contribution in [0.25, 0.3) is 0 Å². The summed E-state index contributed by atoms with van der Waals surface area (Å²) in [7, 11) is 0. The number of hydrogen-bond donors (Lipinski definition) is 1. The van der Waals surface area contributed by atoms with Crippen LogP contribution in [0.2, 0.25) is 0 Å². The highest BCUT2D eigenvalue weighted by atomic mass is 16.7. The van der Waals surface area contributed by atoms with Crippen molar-refractivity contribution in [2.75, 3.05) is 6.61 Å². The third kappa shape index (κ3) is 2.90. The Hall–Kier alpha value is -2.37. The molecule has 1 aliphatic heterocycles. The maximum absolute atomic E-state index is 11.5. The van der Waals surface area contributed by atoms with Gasteiger partial charge in [-0.15, -0.1) is 0 Å². The molecule has 19 heavy (non-hydrogen) atoms. The fourth-order valence-corrected chi connectivity index (χ4v) is 1.71. The van der Waals surface area contributed by atoms with E-state index in [1.165, 1.54) is 12.1 Å². The number of oxime groups is 1. The highest BCUT2D eigenvalue weighted by Crippen LogP contribution is 2.18. The number of benzene rings is 1. The smallest absolute Gasteiger partial charge is 0.350 e. The Morgan fingerprint density at radius 3 is 2.68 bits per heavy atom. The van der Waals surface area contributed by atoms with Gasteiger partial charge >= 0.3 is 11.9 Å². The number of nitrogens with zero attached hydrogens (tertiary/aromatic N) is 1. The van der Waals surface area contributed by atoms with Crippen LogP contribution in [0.15, 0.2) is 29.4 Å². The van der Waals surface area contributed by atoms with Crippen molar-refractivity contribution in [3.8, 4) is 0 Å². The monoisotopic (exact) mass is 263 g/mol. The molecule has 0 spiro atoms. The van der Waals surface area contributed by atoms with E-state index in [1.807, 2.05) is 0 Å². The summed E-state index contributed by atoms with van der Waals surface area (Å²) in [5, 5.41) is 12.6. The first-order valence-electron chi connectivity index (χ1n) is 5.85. The number of esters is 1. The van der Waals surface area contributed by atoms with Crippen molar-refractivity contribution < 1.29 is 24.3 Å². The lowest BCUT2D eigenvalue weighted by Gasteiger charge is -2.06.